The molecule has 2 saturated heterocycles. The van der Waals surface area contributed by atoms with E-state index in [1.165, 1.54) is 11.3 Å². The van der Waals surface area contributed by atoms with E-state index in [4.69, 9.17) is 4.74 Å². The third-order valence-corrected chi connectivity index (χ3v) is 8.53. The quantitative estimate of drug-likeness (QED) is 0.396. The first-order chi connectivity index (χ1) is 17.8. The van der Waals surface area contributed by atoms with E-state index in [0.717, 1.165) is 27.8 Å². The van der Waals surface area contributed by atoms with Gasteiger partial charge >= 0.3 is 6.09 Å². The number of halogens is 1. The summed E-state index contributed by atoms with van der Waals surface area (Å²) in [6.45, 7) is 4.35. The van der Waals surface area contributed by atoms with Gasteiger partial charge in [-0.2, -0.15) is 0 Å². The topological polar surface area (TPSA) is 79.0 Å². The van der Waals surface area contributed by atoms with E-state index in [0.29, 0.717) is 22.9 Å². The number of hydrogen-bond donors (Lipinski definition) is 1. The lowest BCUT2D eigenvalue weighted by atomic mass is 10.0. The molecule has 1 aromatic heterocycles. The van der Waals surface area contributed by atoms with Crippen LogP contribution in [0.4, 0.5) is 10.5 Å². The number of carbonyl (C=O) groups excluding carboxylic acids is 3. The average molecular weight is 583 g/mol. The molecule has 3 unspecified atom stereocenters. The molecular weight excluding hydrogens is 554 g/mol. The number of ether oxygens (including phenoxy) is 1. The summed E-state index contributed by atoms with van der Waals surface area (Å²) in [7, 11) is 0. The number of amides is 3. The fraction of sp³-hybridized carbons (Fsp3) is 0.321. The van der Waals surface area contributed by atoms with Gasteiger partial charge in [-0.05, 0) is 84.1 Å². The average Bonchev–Trinajstić information content (AvgIpc) is 3.57. The minimum Gasteiger partial charge on any atom is -0.399 e. The highest BCUT2D eigenvalue weighted by atomic mass is 79.9. The smallest absolute Gasteiger partial charge is 0.399 e. The molecule has 1 N–H and O–H groups in total. The second-order valence-electron chi connectivity index (χ2n) is 9.56. The van der Waals surface area contributed by atoms with Crippen molar-refractivity contribution < 1.29 is 19.1 Å². The predicted molar refractivity (Wildman–Crippen MR) is 147 cm³/mol. The molecule has 2 aromatic carbocycles. The summed E-state index contributed by atoms with van der Waals surface area (Å²) >= 11 is 4.65. The van der Waals surface area contributed by atoms with Gasteiger partial charge in [0.2, 0.25) is 5.91 Å². The molecule has 3 heterocycles. The maximum Gasteiger partial charge on any atom is 0.413 e. The number of likely N-dealkylation sites (tertiary alicyclic amines) is 1. The van der Waals surface area contributed by atoms with E-state index in [1.54, 1.807) is 17.0 Å². The van der Waals surface area contributed by atoms with Crippen molar-refractivity contribution in [1.82, 2.24) is 10.2 Å². The van der Waals surface area contributed by atoms with Crippen LogP contribution in [-0.4, -0.2) is 41.4 Å². The largest absolute Gasteiger partial charge is 0.413 e. The summed E-state index contributed by atoms with van der Waals surface area (Å²) in [5, 5.41) is 3.26. The lowest BCUT2D eigenvalue weighted by Crippen LogP contribution is -2.38. The van der Waals surface area contributed by atoms with Crippen LogP contribution in [0.2, 0.25) is 0 Å². The predicted octanol–water partition coefficient (Wildman–Crippen LogP) is 6.08. The molecule has 2 fully saturated rings. The van der Waals surface area contributed by atoms with E-state index in [2.05, 4.69) is 40.3 Å². The van der Waals surface area contributed by atoms with Gasteiger partial charge < -0.3 is 19.9 Å². The van der Waals surface area contributed by atoms with Crippen molar-refractivity contribution in [2.75, 3.05) is 11.4 Å². The first-order valence-corrected chi connectivity index (χ1v) is 13.9. The summed E-state index contributed by atoms with van der Waals surface area (Å²) in [4.78, 5) is 42.3. The number of thiophene rings is 1. The Hall–Kier alpha value is -3.17. The number of nitrogens with zero attached hydrogens (tertiary/aromatic N) is 2. The Morgan fingerprint density at radius 3 is 2.57 bits per heavy atom. The van der Waals surface area contributed by atoms with Crippen molar-refractivity contribution in [3.8, 4) is 5.06 Å². The maximum absolute atomic E-state index is 13.7. The minimum absolute atomic E-state index is 0.0122. The lowest BCUT2D eigenvalue weighted by Gasteiger charge is -2.30. The molecule has 7 nitrogen and oxygen atoms in total. The second-order valence-corrected chi connectivity index (χ2v) is 12.0. The van der Waals surface area contributed by atoms with E-state index in [-0.39, 0.29) is 36.4 Å². The number of nitrogens with one attached hydrogen (secondary N) is 1. The van der Waals surface area contributed by atoms with Gasteiger partial charge in [-0.1, -0.05) is 41.7 Å². The standard InChI is InChI=1S/C28H28BrN3O4S/c1-17-14-21(31-16-20(15-25(31)33)30-28(35)36-26-13-12-24(29)37-26)9-10-22(17)27(34)32-18(2)8-11-23(32)19-6-4-3-5-7-19/h3-7,9-10,12-14,18,20,23H,8,11,15-16H2,1-2H3,(H,30,35). The van der Waals surface area contributed by atoms with Crippen LogP contribution >= 0.6 is 27.3 Å². The minimum atomic E-state index is -0.584. The maximum atomic E-state index is 13.7. The third-order valence-electron chi connectivity index (χ3n) is 7.03. The summed E-state index contributed by atoms with van der Waals surface area (Å²) in [6.07, 6.45) is 1.51. The van der Waals surface area contributed by atoms with Crippen LogP contribution in [0.5, 0.6) is 5.06 Å². The summed E-state index contributed by atoms with van der Waals surface area (Å²) in [5.41, 5.74) is 3.33. The Labute approximate surface area is 228 Å². The molecule has 2 aliphatic heterocycles. The molecule has 3 aromatic rings. The van der Waals surface area contributed by atoms with Crippen molar-refractivity contribution in [2.45, 2.75) is 51.2 Å². The van der Waals surface area contributed by atoms with E-state index < -0.39 is 6.09 Å². The molecular formula is C28H28BrN3O4S. The van der Waals surface area contributed by atoms with Crippen molar-refractivity contribution in [3.63, 3.8) is 0 Å². The highest BCUT2D eigenvalue weighted by molar-refractivity contribution is 9.11. The molecule has 3 atom stereocenters. The summed E-state index contributed by atoms with van der Waals surface area (Å²) in [5.74, 6) is -0.0712. The van der Waals surface area contributed by atoms with Crippen molar-refractivity contribution in [3.05, 3.63) is 81.1 Å². The Morgan fingerprint density at radius 2 is 1.86 bits per heavy atom. The Bertz CT molecular complexity index is 1330. The molecule has 37 heavy (non-hydrogen) atoms. The SMILES string of the molecule is Cc1cc(N2CC(NC(=O)Oc3ccc(Br)s3)CC2=O)ccc1C(=O)N1C(C)CCC1c1ccccc1. The lowest BCUT2D eigenvalue weighted by molar-refractivity contribution is -0.117. The third kappa shape index (κ3) is 5.43. The van der Waals surface area contributed by atoms with Crippen LogP contribution in [-0.2, 0) is 4.79 Å². The first kappa shape index (κ1) is 25.5. The molecule has 3 amide bonds. The van der Waals surface area contributed by atoms with Crippen LogP contribution < -0.4 is 15.0 Å². The fourth-order valence-electron chi connectivity index (χ4n) is 5.22. The van der Waals surface area contributed by atoms with Gasteiger partial charge in [-0.15, -0.1) is 0 Å². The molecule has 5 rings (SSSR count). The first-order valence-electron chi connectivity index (χ1n) is 12.3. The van der Waals surface area contributed by atoms with Crippen molar-refractivity contribution >= 4 is 50.9 Å². The van der Waals surface area contributed by atoms with Crippen LogP contribution in [0, 0.1) is 6.92 Å². The molecule has 192 valence electrons. The normalized spacial score (nSPS) is 21.4. The number of carbonyl (C=O) groups is 3. The number of hydrogen-bond acceptors (Lipinski definition) is 5. The fourth-order valence-corrected chi connectivity index (χ4v) is 6.41. The number of anilines is 1. The number of aryl methyl sites for hydroxylation is 1. The van der Waals surface area contributed by atoms with Gasteiger partial charge in [0, 0.05) is 30.3 Å². The van der Waals surface area contributed by atoms with Crippen molar-refractivity contribution in [1.29, 1.82) is 0 Å². The van der Waals surface area contributed by atoms with Crippen LogP contribution in [0.15, 0.2) is 64.5 Å². The molecule has 0 radical (unpaired) electrons. The zero-order valence-corrected chi connectivity index (χ0v) is 23.1. The molecule has 0 saturated carbocycles. The van der Waals surface area contributed by atoms with Gasteiger partial charge in [0.25, 0.3) is 5.91 Å². The van der Waals surface area contributed by atoms with Gasteiger partial charge in [0.1, 0.15) is 0 Å². The molecule has 0 bridgehead atoms. The van der Waals surface area contributed by atoms with Gasteiger partial charge in [-0.3, -0.25) is 9.59 Å². The Kier molecular flexibility index (Phi) is 7.35. The Balaban J connectivity index is 1.27. The van der Waals surface area contributed by atoms with Crippen LogP contribution in [0.1, 0.15) is 53.7 Å². The summed E-state index contributed by atoms with van der Waals surface area (Å²) < 4.78 is 6.16. The molecule has 0 spiro atoms. The highest BCUT2D eigenvalue weighted by Crippen LogP contribution is 2.38. The Morgan fingerprint density at radius 1 is 1.08 bits per heavy atom. The second kappa shape index (κ2) is 10.7. The van der Waals surface area contributed by atoms with Gasteiger partial charge in [-0.25, -0.2) is 4.79 Å². The van der Waals surface area contributed by atoms with Gasteiger partial charge in [0.15, 0.2) is 5.06 Å². The molecule has 2 aliphatic rings. The number of benzene rings is 2. The monoisotopic (exact) mass is 581 g/mol. The van der Waals surface area contributed by atoms with E-state index >= 15 is 0 Å². The van der Waals surface area contributed by atoms with Crippen LogP contribution in [0.25, 0.3) is 0 Å². The zero-order valence-electron chi connectivity index (χ0n) is 20.6. The van der Waals surface area contributed by atoms with E-state index in [9.17, 15) is 14.4 Å². The molecule has 9 heteroatoms. The highest BCUT2D eigenvalue weighted by Gasteiger charge is 2.37. The summed E-state index contributed by atoms with van der Waals surface area (Å²) in [6, 6.07) is 19.1. The van der Waals surface area contributed by atoms with Crippen molar-refractivity contribution in [2.24, 2.45) is 0 Å². The van der Waals surface area contributed by atoms with E-state index in [1.807, 2.05) is 48.2 Å². The zero-order chi connectivity index (χ0) is 26.1. The molecule has 0 aliphatic carbocycles. The van der Waals surface area contributed by atoms with Gasteiger partial charge in [0.05, 0.1) is 15.9 Å². The van der Waals surface area contributed by atoms with Crippen LogP contribution in [0.3, 0.4) is 0 Å². The number of rotatable bonds is 5.